The van der Waals surface area contributed by atoms with E-state index in [9.17, 15) is 4.79 Å². The van der Waals surface area contributed by atoms with Crippen LogP contribution in [0, 0.1) is 13.8 Å². The van der Waals surface area contributed by atoms with Crippen LogP contribution >= 0.6 is 0 Å². The molecule has 0 saturated heterocycles. The number of hydrogen-bond acceptors (Lipinski definition) is 4. The standard InChI is InChI=1S/C18H18N2O3/c1-12-5-3-4-6-16(12)22-11-18(21)19-10-14-7-8-15-17(9-14)23-13(2)20-15/h3-9H,10-11H2,1-2H3,(H,19,21). The van der Waals surface area contributed by atoms with Gasteiger partial charge in [-0.15, -0.1) is 0 Å². The minimum absolute atomic E-state index is 0.00544. The Morgan fingerprint density at radius 2 is 2.04 bits per heavy atom. The van der Waals surface area contributed by atoms with E-state index in [2.05, 4.69) is 10.3 Å². The van der Waals surface area contributed by atoms with Crippen molar-refractivity contribution in [3.05, 3.63) is 59.5 Å². The highest BCUT2D eigenvalue weighted by atomic mass is 16.5. The highest BCUT2D eigenvalue weighted by molar-refractivity contribution is 5.78. The summed E-state index contributed by atoms with van der Waals surface area (Å²) >= 11 is 0. The number of aromatic nitrogens is 1. The summed E-state index contributed by atoms with van der Waals surface area (Å²) in [6.07, 6.45) is 0. The van der Waals surface area contributed by atoms with Gasteiger partial charge in [0.05, 0.1) is 0 Å². The Labute approximate surface area is 134 Å². The number of amides is 1. The van der Waals surface area contributed by atoms with Crippen molar-refractivity contribution in [1.82, 2.24) is 10.3 Å². The molecule has 0 atom stereocenters. The third kappa shape index (κ3) is 3.69. The van der Waals surface area contributed by atoms with Crippen LogP contribution < -0.4 is 10.1 Å². The number of hydrogen-bond donors (Lipinski definition) is 1. The summed E-state index contributed by atoms with van der Waals surface area (Å²) in [5.74, 6) is 1.19. The van der Waals surface area contributed by atoms with E-state index < -0.39 is 0 Å². The van der Waals surface area contributed by atoms with Crippen LogP contribution in [0.5, 0.6) is 5.75 Å². The van der Waals surface area contributed by atoms with Crippen LogP contribution in [-0.2, 0) is 11.3 Å². The van der Waals surface area contributed by atoms with E-state index in [0.717, 1.165) is 28.0 Å². The smallest absolute Gasteiger partial charge is 0.258 e. The van der Waals surface area contributed by atoms with Crippen LogP contribution in [0.2, 0.25) is 0 Å². The first-order valence-corrected chi connectivity index (χ1v) is 7.43. The number of nitrogens with one attached hydrogen (secondary N) is 1. The molecule has 23 heavy (non-hydrogen) atoms. The Morgan fingerprint density at radius 3 is 2.87 bits per heavy atom. The van der Waals surface area contributed by atoms with Crippen molar-refractivity contribution in [2.24, 2.45) is 0 Å². The Balaban J connectivity index is 1.54. The van der Waals surface area contributed by atoms with Gasteiger partial charge in [0, 0.05) is 13.5 Å². The third-order valence-electron chi connectivity index (χ3n) is 3.50. The Bertz CT molecular complexity index is 839. The fraction of sp³-hybridized carbons (Fsp3) is 0.222. The number of nitrogens with zero attached hydrogens (tertiary/aromatic N) is 1. The van der Waals surface area contributed by atoms with Crippen molar-refractivity contribution in [3.63, 3.8) is 0 Å². The zero-order valence-corrected chi connectivity index (χ0v) is 13.1. The molecule has 5 nitrogen and oxygen atoms in total. The molecule has 0 saturated carbocycles. The van der Waals surface area contributed by atoms with E-state index in [4.69, 9.17) is 9.15 Å². The zero-order valence-electron chi connectivity index (χ0n) is 13.1. The molecule has 0 fully saturated rings. The molecular weight excluding hydrogens is 292 g/mol. The molecule has 1 amide bonds. The van der Waals surface area contributed by atoms with Gasteiger partial charge in [0.25, 0.3) is 5.91 Å². The maximum Gasteiger partial charge on any atom is 0.258 e. The van der Waals surface area contributed by atoms with Gasteiger partial charge in [-0.3, -0.25) is 4.79 Å². The lowest BCUT2D eigenvalue weighted by Gasteiger charge is -2.09. The van der Waals surface area contributed by atoms with Gasteiger partial charge in [-0.25, -0.2) is 4.98 Å². The normalized spacial score (nSPS) is 10.7. The summed E-state index contributed by atoms with van der Waals surface area (Å²) < 4.78 is 11.0. The molecular formula is C18H18N2O3. The third-order valence-corrected chi connectivity index (χ3v) is 3.50. The molecule has 1 N–H and O–H groups in total. The SMILES string of the molecule is Cc1nc2ccc(CNC(=O)COc3ccccc3C)cc2o1. The molecule has 5 heteroatoms. The molecule has 0 unspecified atom stereocenters. The molecule has 3 rings (SSSR count). The molecule has 3 aromatic rings. The highest BCUT2D eigenvalue weighted by Gasteiger charge is 2.06. The summed E-state index contributed by atoms with van der Waals surface area (Å²) in [4.78, 5) is 16.1. The zero-order chi connectivity index (χ0) is 16.2. The number of para-hydroxylation sites is 1. The molecule has 118 valence electrons. The average molecular weight is 310 g/mol. The Hall–Kier alpha value is -2.82. The lowest BCUT2D eigenvalue weighted by Crippen LogP contribution is -2.28. The number of carbonyl (C=O) groups excluding carboxylic acids is 1. The molecule has 0 radical (unpaired) electrons. The number of rotatable bonds is 5. The van der Waals surface area contributed by atoms with E-state index in [1.807, 2.05) is 56.3 Å². The monoisotopic (exact) mass is 310 g/mol. The number of oxazole rings is 1. The minimum atomic E-state index is -0.165. The van der Waals surface area contributed by atoms with Crippen molar-refractivity contribution >= 4 is 17.0 Å². The molecule has 1 heterocycles. The predicted molar refractivity (Wildman–Crippen MR) is 87.3 cm³/mol. The lowest BCUT2D eigenvalue weighted by molar-refractivity contribution is -0.123. The first-order chi connectivity index (χ1) is 11.1. The lowest BCUT2D eigenvalue weighted by atomic mass is 10.2. The highest BCUT2D eigenvalue weighted by Crippen LogP contribution is 2.17. The van der Waals surface area contributed by atoms with Crippen molar-refractivity contribution in [3.8, 4) is 5.75 Å². The topological polar surface area (TPSA) is 64.4 Å². The van der Waals surface area contributed by atoms with Crippen LogP contribution in [0.25, 0.3) is 11.1 Å². The summed E-state index contributed by atoms with van der Waals surface area (Å²) in [5.41, 5.74) is 3.51. The first-order valence-electron chi connectivity index (χ1n) is 7.43. The number of carbonyl (C=O) groups is 1. The number of aryl methyl sites for hydroxylation is 2. The summed E-state index contributed by atoms with van der Waals surface area (Å²) in [6.45, 7) is 4.17. The molecule has 0 aliphatic rings. The van der Waals surface area contributed by atoms with E-state index >= 15 is 0 Å². The van der Waals surface area contributed by atoms with E-state index in [0.29, 0.717) is 12.4 Å². The summed E-state index contributed by atoms with van der Waals surface area (Å²) in [7, 11) is 0. The molecule has 2 aromatic carbocycles. The second-order valence-electron chi connectivity index (χ2n) is 5.37. The molecule has 0 spiro atoms. The van der Waals surface area contributed by atoms with Crippen molar-refractivity contribution in [2.45, 2.75) is 20.4 Å². The van der Waals surface area contributed by atoms with Gasteiger partial charge in [-0.2, -0.15) is 0 Å². The van der Waals surface area contributed by atoms with E-state index in [-0.39, 0.29) is 12.5 Å². The minimum Gasteiger partial charge on any atom is -0.484 e. The van der Waals surface area contributed by atoms with Crippen LogP contribution in [0.15, 0.2) is 46.9 Å². The van der Waals surface area contributed by atoms with Gasteiger partial charge in [0.1, 0.15) is 11.3 Å². The molecule has 0 aliphatic carbocycles. The van der Waals surface area contributed by atoms with Crippen molar-refractivity contribution < 1.29 is 13.9 Å². The second kappa shape index (κ2) is 6.52. The van der Waals surface area contributed by atoms with Crippen molar-refractivity contribution in [1.29, 1.82) is 0 Å². The van der Waals surface area contributed by atoms with Gasteiger partial charge in [0.2, 0.25) is 0 Å². The fourth-order valence-electron chi connectivity index (χ4n) is 2.31. The largest absolute Gasteiger partial charge is 0.484 e. The van der Waals surface area contributed by atoms with Crippen molar-refractivity contribution in [2.75, 3.05) is 6.61 Å². The Kier molecular flexibility index (Phi) is 4.28. The molecule has 0 bridgehead atoms. The Morgan fingerprint density at radius 1 is 1.22 bits per heavy atom. The summed E-state index contributed by atoms with van der Waals surface area (Å²) in [5, 5.41) is 2.83. The van der Waals surface area contributed by atoms with Gasteiger partial charge < -0.3 is 14.5 Å². The fourth-order valence-corrected chi connectivity index (χ4v) is 2.31. The van der Waals surface area contributed by atoms with Gasteiger partial charge in [-0.1, -0.05) is 24.3 Å². The second-order valence-corrected chi connectivity index (χ2v) is 5.37. The van der Waals surface area contributed by atoms with Gasteiger partial charge in [-0.05, 0) is 36.2 Å². The number of ether oxygens (including phenoxy) is 1. The number of fused-ring (bicyclic) bond motifs is 1. The van der Waals surface area contributed by atoms with E-state index in [1.54, 1.807) is 0 Å². The quantitative estimate of drug-likeness (QED) is 0.786. The van der Waals surface area contributed by atoms with Gasteiger partial charge in [0.15, 0.2) is 18.1 Å². The van der Waals surface area contributed by atoms with Crippen LogP contribution in [-0.4, -0.2) is 17.5 Å². The molecule has 1 aromatic heterocycles. The van der Waals surface area contributed by atoms with Crippen LogP contribution in [0.1, 0.15) is 17.0 Å². The molecule has 0 aliphatic heterocycles. The predicted octanol–water partition coefficient (Wildman–Crippen LogP) is 3.14. The average Bonchev–Trinajstić information content (AvgIpc) is 2.91. The van der Waals surface area contributed by atoms with Crippen LogP contribution in [0.3, 0.4) is 0 Å². The van der Waals surface area contributed by atoms with E-state index in [1.165, 1.54) is 0 Å². The number of benzene rings is 2. The summed E-state index contributed by atoms with van der Waals surface area (Å²) in [6, 6.07) is 13.3. The maximum absolute atomic E-state index is 11.9. The first kappa shape index (κ1) is 15.1. The van der Waals surface area contributed by atoms with Gasteiger partial charge >= 0.3 is 0 Å². The maximum atomic E-state index is 11.9. The van der Waals surface area contributed by atoms with Crippen LogP contribution in [0.4, 0.5) is 0 Å².